The van der Waals surface area contributed by atoms with Crippen molar-refractivity contribution in [1.82, 2.24) is 19.7 Å². The van der Waals surface area contributed by atoms with Gasteiger partial charge in [0.25, 0.3) is 5.56 Å². The van der Waals surface area contributed by atoms with Crippen molar-refractivity contribution in [2.45, 2.75) is 20.4 Å². The molecule has 0 unspecified atom stereocenters. The van der Waals surface area contributed by atoms with Crippen molar-refractivity contribution in [1.29, 1.82) is 0 Å². The Bertz CT molecular complexity index is 659. The number of rotatable bonds is 1. The topological polar surface area (TPSA) is 63.6 Å². The van der Waals surface area contributed by atoms with E-state index in [1.165, 1.54) is 0 Å². The molecule has 2 rings (SSSR count). The van der Waals surface area contributed by atoms with E-state index in [4.69, 9.17) is 0 Å². The SMILES string of the molecule is CC#CCn1c(Br)nc2c(C)n[nH]c(=O)c21. The molecule has 0 bridgehead atoms. The molecule has 2 aromatic heterocycles. The van der Waals surface area contributed by atoms with Crippen LogP contribution in [-0.4, -0.2) is 19.7 Å². The highest BCUT2D eigenvalue weighted by molar-refractivity contribution is 9.10. The molecule has 2 aromatic rings. The number of nitrogens with zero attached hydrogens (tertiary/aromatic N) is 3. The van der Waals surface area contributed by atoms with Gasteiger partial charge >= 0.3 is 0 Å². The molecule has 6 heteroatoms. The molecule has 82 valence electrons. The summed E-state index contributed by atoms with van der Waals surface area (Å²) in [5, 5.41) is 6.31. The number of hydrogen-bond donors (Lipinski definition) is 1. The average molecular weight is 281 g/mol. The largest absolute Gasteiger partial charge is 0.302 e. The Hall–Kier alpha value is -1.61. The second kappa shape index (κ2) is 4.10. The van der Waals surface area contributed by atoms with Crippen LogP contribution in [0, 0.1) is 18.8 Å². The molecule has 0 saturated carbocycles. The molecule has 0 aromatic carbocycles. The first-order valence-electron chi connectivity index (χ1n) is 4.65. The van der Waals surface area contributed by atoms with Gasteiger partial charge in [0.2, 0.25) is 0 Å². The van der Waals surface area contributed by atoms with Crippen LogP contribution in [0.2, 0.25) is 0 Å². The van der Waals surface area contributed by atoms with E-state index in [1.54, 1.807) is 18.4 Å². The highest BCUT2D eigenvalue weighted by Crippen LogP contribution is 2.18. The van der Waals surface area contributed by atoms with E-state index in [2.05, 4.69) is 43.0 Å². The third-order valence-corrected chi connectivity index (χ3v) is 2.82. The first-order valence-corrected chi connectivity index (χ1v) is 5.45. The molecule has 2 heterocycles. The summed E-state index contributed by atoms with van der Waals surface area (Å²) in [4.78, 5) is 15.9. The molecule has 0 atom stereocenters. The molecule has 16 heavy (non-hydrogen) atoms. The van der Waals surface area contributed by atoms with Gasteiger partial charge in [-0.3, -0.25) is 4.79 Å². The molecular formula is C10H9BrN4O. The second-order valence-corrected chi connectivity index (χ2v) is 3.94. The van der Waals surface area contributed by atoms with E-state index in [-0.39, 0.29) is 5.56 Å². The predicted molar refractivity (Wildman–Crippen MR) is 64.0 cm³/mol. The average Bonchev–Trinajstić information content (AvgIpc) is 2.59. The predicted octanol–water partition coefficient (Wildman–Crippen LogP) is 1.21. The van der Waals surface area contributed by atoms with E-state index in [0.29, 0.717) is 28.0 Å². The standard InChI is InChI=1S/C10H9BrN4O/c1-3-4-5-15-8-7(12-10(15)11)6(2)13-14-9(8)16/h5H2,1-2H3,(H,14,16). The van der Waals surface area contributed by atoms with Crippen molar-refractivity contribution in [2.24, 2.45) is 0 Å². The van der Waals surface area contributed by atoms with Gasteiger partial charge in [-0.05, 0) is 29.8 Å². The zero-order chi connectivity index (χ0) is 11.7. The smallest absolute Gasteiger partial charge is 0.290 e. The van der Waals surface area contributed by atoms with Crippen LogP contribution in [0.1, 0.15) is 12.6 Å². The van der Waals surface area contributed by atoms with Crippen molar-refractivity contribution in [3.05, 3.63) is 20.8 Å². The highest BCUT2D eigenvalue weighted by atomic mass is 79.9. The fourth-order valence-electron chi connectivity index (χ4n) is 1.45. The number of fused-ring (bicyclic) bond motifs is 1. The summed E-state index contributed by atoms with van der Waals surface area (Å²) in [6.45, 7) is 3.98. The zero-order valence-corrected chi connectivity index (χ0v) is 10.4. The highest BCUT2D eigenvalue weighted by Gasteiger charge is 2.13. The third-order valence-electron chi connectivity index (χ3n) is 2.22. The Balaban J connectivity index is 2.81. The number of H-pyrrole nitrogens is 1. The van der Waals surface area contributed by atoms with Gasteiger partial charge in [-0.15, -0.1) is 5.92 Å². The van der Waals surface area contributed by atoms with Crippen molar-refractivity contribution in [2.75, 3.05) is 0 Å². The van der Waals surface area contributed by atoms with Crippen LogP contribution < -0.4 is 5.56 Å². The van der Waals surface area contributed by atoms with Gasteiger partial charge < -0.3 is 4.57 Å². The van der Waals surface area contributed by atoms with Gasteiger partial charge in [0.1, 0.15) is 11.0 Å². The lowest BCUT2D eigenvalue weighted by Crippen LogP contribution is -2.13. The summed E-state index contributed by atoms with van der Waals surface area (Å²) in [5.74, 6) is 5.68. The Morgan fingerprint density at radius 2 is 2.31 bits per heavy atom. The lowest BCUT2D eigenvalue weighted by atomic mass is 10.3. The third kappa shape index (κ3) is 1.63. The quantitative estimate of drug-likeness (QED) is 0.799. The van der Waals surface area contributed by atoms with Gasteiger partial charge in [0.15, 0.2) is 4.73 Å². The van der Waals surface area contributed by atoms with E-state index in [1.807, 2.05) is 0 Å². The van der Waals surface area contributed by atoms with Gasteiger partial charge in [-0.1, -0.05) is 5.92 Å². The Kier molecular flexibility index (Phi) is 2.79. The molecule has 0 aliphatic carbocycles. The molecular weight excluding hydrogens is 272 g/mol. The Labute approximate surface area is 100 Å². The number of halogens is 1. The maximum atomic E-state index is 11.7. The Morgan fingerprint density at radius 1 is 1.56 bits per heavy atom. The van der Waals surface area contributed by atoms with Crippen LogP contribution in [0.5, 0.6) is 0 Å². The first-order chi connectivity index (χ1) is 7.65. The summed E-state index contributed by atoms with van der Waals surface area (Å²) in [7, 11) is 0. The van der Waals surface area contributed by atoms with Crippen molar-refractivity contribution in [3.63, 3.8) is 0 Å². The van der Waals surface area contributed by atoms with Gasteiger partial charge in [0, 0.05) is 0 Å². The minimum Gasteiger partial charge on any atom is -0.302 e. The number of hydrogen-bond acceptors (Lipinski definition) is 3. The van der Waals surface area contributed by atoms with Crippen LogP contribution in [-0.2, 0) is 6.54 Å². The summed E-state index contributed by atoms with van der Waals surface area (Å²) in [6, 6.07) is 0. The Morgan fingerprint density at radius 3 is 3.00 bits per heavy atom. The minimum absolute atomic E-state index is 0.253. The summed E-state index contributed by atoms with van der Waals surface area (Å²) in [5.41, 5.74) is 1.55. The van der Waals surface area contributed by atoms with Crippen LogP contribution in [0.4, 0.5) is 0 Å². The van der Waals surface area contributed by atoms with E-state index in [0.717, 1.165) is 0 Å². The number of nitrogens with one attached hydrogen (secondary N) is 1. The fourth-order valence-corrected chi connectivity index (χ4v) is 1.93. The normalized spacial score (nSPS) is 10.2. The minimum atomic E-state index is -0.253. The molecule has 1 N–H and O–H groups in total. The molecule has 0 saturated heterocycles. The van der Waals surface area contributed by atoms with Crippen molar-refractivity contribution < 1.29 is 0 Å². The molecule has 0 aliphatic rings. The van der Waals surface area contributed by atoms with E-state index < -0.39 is 0 Å². The molecule has 0 fully saturated rings. The summed E-state index contributed by atoms with van der Waals surface area (Å²) in [6.07, 6.45) is 0. The monoisotopic (exact) mass is 280 g/mol. The maximum Gasteiger partial charge on any atom is 0.290 e. The van der Waals surface area contributed by atoms with Gasteiger partial charge in [-0.2, -0.15) is 5.10 Å². The zero-order valence-electron chi connectivity index (χ0n) is 8.83. The summed E-state index contributed by atoms with van der Waals surface area (Å²) < 4.78 is 2.31. The van der Waals surface area contributed by atoms with E-state index >= 15 is 0 Å². The van der Waals surface area contributed by atoms with Gasteiger partial charge in [-0.25, -0.2) is 10.1 Å². The van der Waals surface area contributed by atoms with Crippen molar-refractivity contribution >= 4 is 27.0 Å². The van der Waals surface area contributed by atoms with Crippen LogP contribution >= 0.6 is 15.9 Å². The van der Waals surface area contributed by atoms with Crippen LogP contribution in [0.15, 0.2) is 9.53 Å². The molecule has 5 nitrogen and oxygen atoms in total. The van der Waals surface area contributed by atoms with E-state index in [9.17, 15) is 4.79 Å². The molecule has 0 amide bonds. The van der Waals surface area contributed by atoms with Crippen molar-refractivity contribution in [3.8, 4) is 11.8 Å². The molecule has 0 spiro atoms. The first kappa shape index (κ1) is 10.9. The fraction of sp³-hybridized carbons (Fsp3) is 0.300. The molecule has 0 radical (unpaired) electrons. The van der Waals surface area contributed by atoms with Crippen LogP contribution in [0.25, 0.3) is 11.0 Å². The maximum absolute atomic E-state index is 11.7. The number of aromatic amines is 1. The number of imidazole rings is 1. The van der Waals surface area contributed by atoms with Gasteiger partial charge in [0.05, 0.1) is 12.2 Å². The molecule has 0 aliphatic heterocycles. The number of aromatic nitrogens is 4. The lowest BCUT2D eigenvalue weighted by molar-refractivity contribution is 0.832. The second-order valence-electron chi connectivity index (χ2n) is 3.23. The summed E-state index contributed by atoms with van der Waals surface area (Å²) >= 11 is 3.31. The lowest BCUT2D eigenvalue weighted by Gasteiger charge is -1.98. The van der Waals surface area contributed by atoms with Crippen LogP contribution in [0.3, 0.4) is 0 Å². The number of aryl methyl sites for hydroxylation is 1.